The molecule has 2 aliphatic heterocycles. The molecule has 0 spiro atoms. The molecule has 3 rings (SSSR count). The molecule has 5 heteroatoms. The van der Waals surface area contributed by atoms with Gasteiger partial charge < -0.3 is 10.1 Å². The summed E-state index contributed by atoms with van der Waals surface area (Å²) in [6.45, 7) is 3.38. The molecule has 98 valence electrons. The summed E-state index contributed by atoms with van der Waals surface area (Å²) < 4.78 is 5.77. The minimum Gasteiger partial charge on any atom is -0.373 e. The van der Waals surface area contributed by atoms with Crippen LogP contribution in [0.5, 0.6) is 0 Å². The van der Waals surface area contributed by atoms with Crippen LogP contribution in [0.25, 0.3) is 0 Å². The summed E-state index contributed by atoms with van der Waals surface area (Å²) in [6.07, 6.45) is 3.98. The van der Waals surface area contributed by atoms with Gasteiger partial charge >= 0.3 is 0 Å². The Bertz CT molecular complexity index is 386. The van der Waals surface area contributed by atoms with Gasteiger partial charge in [0.2, 0.25) is 5.91 Å². The second-order valence-electron chi connectivity index (χ2n) is 5.65. The van der Waals surface area contributed by atoms with Crippen molar-refractivity contribution in [3.05, 3.63) is 0 Å². The van der Waals surface area contributed by atoms with E-state index in [2.05, 4.69) is 16.3 Å². The number of carbonyl (C=O) groups is 1. The number of nitrogens with zero attached hydrogens (tertiary/aromatic N) is 2. The molecular formula is C13H19N3O2. The predicted octanol–water partition coefficient (Wildman–Crippen LogP) is 0.270. The third-order valence-electron chi connectivity index (χ3n) is 4.35. The van der Waals surface area contributed by atoms with Gasteiger partial charge in [-0.25, -0.2) is 0 Å². The first kappa shape index (κ1) is 11.9. The summed E-state index contributed by atoms with van der Waals surface area (Å²) in [5, 5.41) is 11.8. The second kappa shape index (κ2) is 4.52. The standard InChI is InChI=1S/C13H19N3O2/c14-9-13(3-4-13)12(17)15-6-11-7-16-5-1-2-10(16)8-18-11/h10-11H,1-8H2,(H,15,17). The Hall–Kier alpha value is -1.12. The van der Waals surface area contributed by atoms with E-state index >= 15 is 0 Å². The highest BCUT2D eigenvalue weighted by Crippen LogP contribution is 2.44. The van der Waals surface area contributed by atoms with Crippen molar-refractivity contribution in [3.63, 3.8) is 0 Å². The van der Waals surface area contributed by atoms with Crippen molar-refractivity contribution in [3.8, 4) is 6.07 Å². The van der Waals surface area contributed by atoms with Crippen LogP contribution >= 0.6 is 0 Å². The summed E-state index contributed by atoms with van der Waals surface area (Å²) in [5.41, 5.74) is -0.717. The van der Waals surface area contributed by atoms with E-state index in [1.54, 1.807) is 0 Å². The van der Waals surface area contributed by atoms with E-state index < -0.39 is 5.41 Å². The maximum Gasteiger partial charge on any atom is 0.240 e. The predicted molar refractivity (Wildman–Crippen MR) is 64.6 cm³/mol. The zero-order chi connectivity index (χ0) is 12.6. The van der Waals surface area contributed by atoms with E-state index in [9.17, 15) is 4.79 Å². The monoisotopic (exact) mass is 249 g/mol. The second-order valence-corrected chi connectivity index (χ2v) is 5.65. The van der Waals surface area contributed by atoms with Crippen LogP contribution < -0.4 is 5.32 Å². The Balaban J connectivity index is 1.47. The maximum absolute atomic E-state index is 11.8. The van der Waals surface area contributed by atoms with Crippen molar-refractivity contribution < 1.29 is 9.53 Å². The highest BCUT2D eigenvalue weighted by molar-refractivity contribution is 5.88. The number of nitrogens with one attached hydrogen (secondary N) is 1. The topological polar surface area (TPSA) is 65.4 Å². The number of rotatable bonds is 3. The van der Waals surface area contributed by atoms with Gasteiger partial charge in [0.15, 0.2) is 0 Å². The van der Waals surface area contributed by atoms with Crippen molar-refractivity contribution in [2.45, 2.75) is 37.8 Å². The number of morpholine rings is 1. The van der Waals surface area contributed by atoms with Crippen LogP contribution in [0.4, 0.5) is 0 Å². The lowest BCUT2D eigenvalue weighted by molar-refractivity contribution is -0.125. The molecule has 3 aliphatic rings. The zero-order valence-electron chi connectivity index (χ0n) is 10.5. The summed E-state index contributed by atoms with van der Waals surface area (Å²) >= 11 is 0. The van der Waals surface area contributed by atoms with E-state index in [1.165, 1.54) is 12.8 Å². The fourth-order valence-corrected chi connectivity index (χ4v) is 2.90. The molecule has 2 heterocycles. The van der Waals surface area contributed by atoms with Crippen LogP contribution in [0.3, 0.4) is 0 Å². The summed E-state index contributed by atoms with van der Waals surface area (Å²) in [4.78, 5) is 14.3. The Morgan fingerprint density at radius 3 is 3.11 bits per heavy atom. The minimum atomic E-state index is -0.717. The lowest BCUT2D eigenvalue weighted by Gasteiger charge is -2.35. The minimum absolute atomic E-state index is 0.0813. The molecule has 3 fully saturated rings. The van der Waals surface area contributed by atoms with E-state index in [0.29, 0.717) is 25.4 Å². The average molecular weight is 249 g/mol. The fourth-order valence-electron chi connectivity index (χ4n) is 2.90. The number of carbonyl (C=O) groups excluding carboxylic acids is 1. The van der Waals surface area contributed by atoms with Crippen LogP contribution in [-0.4, -0.2) is 49.2 Å². The number of ether oxygens (including phenoxy) is 1. The van der Waals surface area contributed by atoms with Gasteiger partial charge in [-0.2, -0.15) is 5.26 Å². The highest BCUT2D eigenvalue weighted by Gasteiger charge is 2.50. The molecule has 1 amide bonds. The number of amides is 1. The molecule has 1 aliphatic carbocycles. The summed E-state index contributed by atoms with van der Waals surface area (Å²) in [6, 6.07) is 2.70. The van der Waals surface area contributed by atoms with E-state index in [1.807, 2.05) is 0 Å². The molecular weight excluding hydrogens is 230 g/mol. The van der Waals surface area contributed by atoms with Crippen LogP contribution in [0.1, 0.15) is 25.7 Å². The quantitative estimate of drug-likeness (QED) is 0.779. The Morgan fingerprint density at radius 1 is 1.56 bits per heavy atom. The molecule has 0 bridgehead atoms. The molecule has 2 saturated heterocycles. The van der Waals surface area contributed by atoms with Gasteiger partial charge in [-0.3, -0.25) is 9.69 Å². The molecule has 0 aromatic carbocycles. The van der Waals surface area contributed by atoms with Crippen LogP contribution in [0, 0.1) is 16.7 Å². The molecule has 5 nitrogen and oxygen atoms in total. The Labute approximate surface area is 107 Å². The van der Waals surface area contributed by atoms with Crippen molar-refractivity contribution in [1.82, 2.24) is 10.2 Å². The van der Waals surface area contributed by atoms with E-state index in [-0.39, 0.29) is 12.0 Å². The first-order valence-corrected chi connectivity index (χ1v) is 6.79. The van der Waals surface area contributed by atoms with Crippen molar-refractivity contribution in [2.24, 2.45) is 5.41 Å². The van der Waals surface area contributed by atoms with Gasteiger partial charge in [0.05, 0.1) is 18.8 Å². The molecule has 1 N–H and O–H groups in total. The van der Waals surface area contributed by atoms with Gasteiger partial charge in [0.25, 0.3) is 0 Å². The highest BCUT2D eigenvalue weighted by atomic mass is 16.5. The Kier molecular flexibility index (Phi) is 3.00. The van der Waals surface area contributed by atoms with Crippen LogP contribution in [0.2, 0.25) is 0 Å². The van der Waals surface area contributed by atoms with E-state index in [4.69, 9.17) is 10.00 Å². The first-order valence-electron chi connectivity index (χ1n) is 6.79. The number of hydrogen-bond donors (Lipinski definition) is 1. The molecule has 2 atom stereocenters. The van der Waals surface area contributed by atoms with Crippen LogP contribution in [-0.2, 0) is 9.53 Å². The first-order chi connectivity index (χ1) is 8.73. The van der Waals surface area contributed by atoms with Gasteiger partial charge in [-0.15, -0.1) is 0 Å². The van der Waals surface area contributed by atoms with Gasteiger partial charge in [0.1, 0.15) is 5.41 Å². The zero-order valence-corrected chi connectivity index (χ0v) is 10.5. The van der Waals surface area contributed by atoms with Gasteiger partial charge in [-0.05, 0) is 32.2 Å². The van der Waals surface area contributed by atoms with Crippen molar-refractivity contribution in [1.29, 1.82) is 5.26 Å². The molecule has 18 heavy (non-hydrogen) atoms. The number of fused-ring (bicyclic) bond motifs is 1. The number of hydrogen-bond acceptors (Lipinski definition) is 4. The summed E-state index contributed by atoms with van der Waals surface area (Å²) in [7, 11) is 0. The third kappa shape index (κ3) is 2.11. The number of nitriles is 1. The normalized spacial score (nSPS) is 33.5. The SMILES string of the molecule is N#CC1(C(=O)NCC2CN3CCCC3CO2)CC1. The van der Waals surface area contributed by atoms with Crippen molar-refractivity contribution in [2.75, 3.05) is 26.2 Å². The largest absolute Gasteiger partial charge is 0.373 e. The van der Waals surface area contributed by atoms with Gasteiger partial charge in [-0.1, -0.05) is 0 Å². The fraction of sp³-hybridized carbons (Fsp3) is 0.846. The molecule has 2 unspecified atom stereocenters. The maximum atomic E-state index is 11.8. The molecule has 0 radical (unpaired) electrons. The lowest BCUT2D eigenvalue weighted by atomic mass is 10.1. The molecule has 0 aromatic rings. The lowest BCUT2D eigenvalue weighted by Crippen LogP contribution is -2.50. The molecule has 0 aromatic heterocycles. The van der Waals surface area contributed by atoms with Crippen molar-refractivity contribution >= 4 is 5.91 Å². The summed E-state index contributed by atoms with van der Waals surface area (Å²) in [5.74, 6) is -0.114. The van der Waals surface area contributed by atoms with Crippen LogP contribution in [0.15, 0.2) is 0 Å². The van der Waals surface area contributed by atoms with E-state index in [0.717, 1.165) is 19.7 Å². The van der Waals surface area contributed by atoms with Gasteiger partial charge in [0, 0.05) is 19.1 Å². The average Bonchev–Trinajstić information content (AvgIpc) is 3.07. The third-order valence-corrected chi connectivity index (χ3v) is 4.35. The molecule has 1 saturated carbocycles. The smallest absolute Gasteiger partial charge is 0.240 e. The Morgan fingerprint density at radius 2 is 2.39 bits per heavy atom.